The summed E-state index contributed by atoms with van der Waals surface area (Å²) in [4.78, 5) is 12.0. The van der Waals surface area contributed by atoms with E-state index in [-0.39, 0.29) is 10.6 Å². The lowest BCUT2D eigenvalue weighted by Gasteiger charge is -2.10. The third-order valence-corrected chi connectivity index (χ3v) is 5.39. The van der Waals surface area contributed by atoms with Crippen LogP contribution in [0.15, 0.2) is 65.7 Å². The number of hydrogen-bond donors (Lipinski definition) is 2. The Morgan fingerprint density at radius 3 is 2.40 bits per heavy atom. The van der Waals surface area contributed by atoms with Gasteiger partial charge in [-0.1, -0.05) is 17.7 Å². The van der Waals surface area contributed by atoms with E-state index < -0.39 is 34.3 Å². The summed E-state index contributed by atoms with van der Waals surface area (Å²) >= 11 is 5.77. The number of aromatic nitrogens is 2. The van der Waals surface area contributed by atoms with E-state index in [9.17, 15) is 26.4 Å². The summed E-state index contributed by atoms with van der Waals surface area (Å²) in [5.41, 5.74) is -0.660. The van der Waals surface area contributed by atoms with Gasteiger partial charge < -0.3 is 5.32 Å². The van der Waals surface area contributed by atoms with Crippen LogP contribution >= 0.6 is 11.6 Å². The molecule has 30 heavy (non-hydrogen) atoms. The summed E-state index contributed by atoms with van der Waals surface area (Å²) in [7, 11) is -3.94. The molecule has 0 saturated carbocycles. The first-order valence-electron chi connectivity index (χ1n) is 8.32. The zero-order chi connectivity index (χ0) is 21.9. The van der Waals surface area contributed by atoms with Gasteiger partial charge in [-0.05, 0) is 48.5 Å². The fourth-order valence-electron chi connectivity index (χ4n) is 2.42. The van der Waals surface area contributed by atoms with Gasteiger partial charge in [0.1, 0.15) is 6.54 Å². The summed E-state index contributed by atoms with van der Waals surface area (Å²) in [6, 6.07) is 12.2. The maximum absolute atomic E-state index is 12.6. The van der Waals surface area contributed by atoms with Crippen LogP contribution in [0.5, 0.6) is 0 Å². The van der Waals surface area contributed by atoms with Crippen LogP contribution in [-0.4, -0.2) is 24.1 Å². The Morgan fingerprint density at radius 1 is 1.07 bits per heavy atom. The number of halogens is 4. The highest BCUT2D eigenvalue weighted by Gasteiger charge is 2.33. The van der Waals surface area contributed by atoms with Gasteiger partial charge in [-0.2, -0.15) is 18.3 Å². The van der Waals surface area contributed by atoms with Gasteiger partial charge in [0.05, 0.1) is 4.90 Å². The molecule has 0 unspecified atom stereocenters. The minimum atomic E-state index is -4.61. The first-order chi connectivity index (χ1) is 14.0. The van der Waals surface area contributed by atoms with E-state index in [0.717, 1.165) is 16.9 Å². The molecule has 1 amide bonds. The molecule has 1 aromatic heterocycles. The number of amides is 1. The molecule has 2 N–H and O–H groups in total. The van der Waals surface area contributed by atoms with Crippen molar-refractivity contribution >= 4 is 38.9 Å². The van der Waals surface area contributed by atoms with Crippen molar-refractivity contribution < 1.29 is 26.4 Å². The zero-order valence-corrected chi connectivity index (χ0v) is 16.6. The van der Waals surface area contributed by atoms with Crippen molar-refractivity contribution in [1.82, 2.24) is 9.78 Å². The molecule has 7 nitrogen and oxygen atoms in total. The number of anilines is 2. The Balaban J connectivity index is 1.69. The zero-order valence-electron chi connectivity index (χ0n) is 15.0. The molecule has 0 atom stereocenters. The lowest BCUT2D eigenvalue weighted by molar-refractivity contribution is -0.141. The van der Waals surface area contributed by atoms with Crippen LogP contribution in [-0.2, 0) is 27.5 Å². The van der Waals surface area contributed by atoms with Gasteiger partial charge in [0.2, 0.25) is 5.91 Å². The van der Waals surface area contributed by atoms with Crippen LogP contribution in [0.4, 0.5) is 24.5 Å². The fourth-order valence-corrected chi connectivity index (χ4v) is 3.65. The Bertz CT molecular complexity index is 1160. The van der Waals surface area contributed by atoms with Crippen molar-refractivity contribution in [2.45, 2.75) is 17.6 Å². The minimum absolute atomic E-state index is 0.117. The summed E-state index contributed by atoms with van der Waals surface area (Å²) in [6.45, 7) is -0.476. The third-order valence-electron chi connectivity index (χ3n) is 3.76. The van der Waals surface area contributed by atoms with Crippen LogP contribution in [0, 0.1) is 0 Å². The highest BCUT2D eigenvalue weighted by molar-refractivity contribution is 7.92. The molecule has 12 heteroatoms. The summed E-state index contributed by atoms with van der Waals surface area (Å²) < 4.78 is 66.0. The van der Waals surface area contributed by atoms with Gasteiger partial charge in [0.15, 0.2) is 5.69 Å². The fraction of sp³-hybridized carbons (Fsp3) is 0.111. The monoisotopic (exact) mass is 458 g/mol. The molecular weight excluding hydrogens is 445 g/mol. The molecule has 0 spiro atoms. The molecule has 2 aromatic carbocycles. The maximum atomic E-state index is 12.6. The molecular formula is C18H14ClF3N4O3S. The van der Waals surface area contributed by atoms with Crippen LogP contribution in [0.3, 0.4) is 0 Å². The topological polar surface area (TPSA) is 93.1 Å². The van der Waals surface area contributed by atoms with Gasteiger partial charge in [-0.15, -0.1) is 0 Å². The van der Waals surface area contributed by atoms with E-state index in [4.69, 9.17) is 11.6 Å². The summed E-state index contributed by atoms with van der Waals surface area (Å²) in [5, 5.41) is 6.17. The van der Waals surface area contributed by atoms with Gasteiger partial charge in [-0.25, -0.2) is 8.42 Å². The molecule has 0 aliphatic rings. The van der Waals surface area contributed by atoms with Gasteiger partial charge in [0.25, 0.3) is 10.0 Å². The molecule has 158 valence electrons. The van der Waals surface area contributed by atoms with Crippen molar-refractivity contribution in [1.29, 1.82) is 0 Å². The number of alkyl halides is 3. The van der Waals surface area contributed by atoms with Crippen molar-refractivity contribution in [3.05, 3.63) is 71.5 Å². The normalized spacial score (nSPS) is 11.9. The number of carbonyl (C=O) groups excluding carboxylic acids is 1. The van der Waals surface area contributed by atoms with Crippen LogP contribution < -0.4 is 10.0 Å². The first-order valence-corrected chi connectivity index (χ1v) is 10.2. The highest BCUT2D eigenvalue weighted by atomic mass is 35.5. The van der Waals surface area contributed by atoms with Gasteiger partial charge >= 0.3 is 6.18 Å². The number of carbonyl (C=O) groups is 1. The van der Waals surface area contributed by atoms with Gasteiger partial charge in [-0.3, -0.25) is 14.2 Å². The Hall–Kier alpha value is -3.05. The number of nitrogens with one attached hydrogen (secondary N) is 2. The van der Waals surface area contributed by atoms with Gasteiger partial charge in [0, 0.05) is 22.6 Å². The molecule has 0 fully saturated rings. The predicted octanol–water partition coefficient (Wildman–Crippen LogP) is 3.99. The largest absolute Gasteiger partial charge is 0.435 e. The summed E-state index contributed by atoms with van der Waals surface area (Å²) in [6.07, 6.45) is -3.58. The number of nitrogens with zero attached hydrogens (tertiary/aromatic N) is 2. The number of sulfonamides is 1. The summed E-state index contributed by atoms with van der Waals surface area (Å²) in [5.74, 6) is -0.674. The predicted molar refractivity (Wildman–Crippen MR) is 105 cm³/mol. The molecule has 0 radical (unpaired) electrons. The van der Waals surface area contributed by atoms with Crippen molar-refractivity contribution in [2.24, 2.45) is 0 Å². The van der Waals surface area contributed by atoms with Crippen molar-refractivity contribution in [2.75, 3.05) is 10.0 Å². The van der Waals surface area contributed by atoms with E-state index >= 15 is 0 Å². The van der Waals surface area contributed by atoms with E-state index in [1.165, 1.54) is 48.5 Å². The molecule has 0 aliphatic carbocycles. The SMILES string of the molecule is O=C(Cn1ccc(C(F)(F)F)n1)Nc1cccc(S(=O)(=O)Nc2ccc(Cl)cc2)c1. The second-order valence-electron chi connectivity index (χ2n) is 6.08. The van der Waals surface area contributed by atoms with E-state index in [1.54, 1.807) is 0 Å². The van der Waals surface area contributed by atoms with Crippen LogP contribution in [0.1, 0.15) is 5.69 Å². The second-order valence-corrected chi connectivity index (χ2v) is 8.20. The smallest absolute Gasteiger partial charge is 0.324 e. The standard InChI is InChI=1S/C18H14ClF3N4O3S/c19-12-4-6-13(7-5-12)25-30(28,29)15-3-1-2-14(10-15)23-17(27)11-26-9-8-16(24-26)18(20,21)22/h1-10,25H,11H2,(H,23,27). The van der Waals surface area contributed by atoms with Crippen molar-refractivity contribution in [3.8, 4) is 0 Å². The molecule has 0 bridgehead atoms. The number of benzene rings is 2. The quantitative estimate of drug-likeness (QED) is 0.584. The third kappa shape index (κ3) is 5.51. The molecule has 3 rings (SSSR count). The second kappa shape index (κ2) is 8.36. The average molecular weight is 459 g/mol. The molecule has 1 heterocycles. The lowest BCUT2D eigenvalue weighted by atomic mass is 10.3. The van der Waals surface area contributed by atoms with Crippen LogP contribution in [0.2, 0.25) is 5.02 Å². The van der Waals surface area contributed by atoms with E-state index in [0.29, 0.717) is 10.7 Å². The Morgan fingerprint density at radius 2 is 1.77 bits per heavy atom. The molecule has 0 saturated heterocycles. The van der Waals surface area contributed by atoms with Crippen LogP contribution in [0.25, 0.3) is 0 Å². The first kappa shape index (κ1) is 21.7. The Labute approximate surface area is 174 Å². The Kier molecular flexibility index (Phi) is 6.04. The number of rotatable bonds is 6. The van der Waals surface area contributed by atoms with E-state index in [1.807, 2.05) is 0 Å². The maximum Gasteiger partial charge on any atom is 0.435 e. The molecule has 3 aromatic rings. The lowest BCUT2D eigenvalue weighted by Crippen LogP contribution is -2.20. The van der Waals surface area contributed by atoms with Crippen molar-refractivity contribution in [3.63, 3.8) is 0 Å². The van der Waals surface area contributed by atoms with E-state index in [2.05, 4.69) is 15.1 Å². The number of hydrogen-bond acceptors (Lipinski definition) is 4. The molecule has 0 aliphatic heterocycles. The average Bonchev–Trinajstić information content (AvgIpc) is 3.12. The highest BCUT2D eigenvalue weighted by Crippen LogP contribution is 2.27. The minimum Gasteiger partial charge on any atom is -0.324 e.